The third-order valence-corrected chi connectivity index (χ3v) is 2.67. The summed E-state index contributed by atoms with van der Waals surface area (Å²) in [6, 6.07) is 6.83. The molecule has 1 rings (SSSR count). The minimum Gasteiger partial charge on any atom is -0.478 e. The summed E-state index contributed by atoms with van der Waals surface area (Å²) in [6.45, 7) is 3.35. The summed E-state index contributed by atoms with van der Waals surface area (Å²) in [6.07, 6.45) is 0.900. The van der Waals surface area contributed by atoms with E-state index < -0.39 is 5.97 Å². The zero-order valence-corrected chi connectivity index (χ0v) is 11.3. The molecule has 0 aromatic heterocycles. The van der Waals surface area contributed by atoms with Gasteiger partial charge >= 0.3 is 5.97 Å². The van der Waals surface area contributed by atoms with Crippen molar-refractivity contribution in [1.29, 1.82) is 0 Å². The number of carboxylic acid groups (broad SMARTS) is 1. The van der Waals surface area contributed by atoms with E-state index in [4.69, 9.17) is 5.11 Å². The number of hydrogen-bond acceptors (Lipinski definition) is 3. The van der Waals surface area contributed by atoms with E-state index in [2.05, 4.69) is 5.32 Å². The summed E-state index contributed by atoms with van der Waals surface area (Å²) in [7, 11) is 1.80. The van der Waals surface area contributed by atoms with Crippen LogP contribution in [0, 0.1) is 0 Å². The molecule has 0 aliphatic carbocycles. The van der Waals surface area contributed by atoms with Crippen molar-refractivity contribution in [2.24, 2.45) is 0 Å². The minimum atomic E-state index is -0.945. The Hall–Kier alpha value is -1.88. The van der Waals surface area contributed by atoms with Crippen molar-refractivity contribution in [2.45, 2.75) is 19.9 Å². The highest BCUT2D eigenvalue weighted by atomic mass is 16.4. The third kappa shape index (κ3) is 5.09. The predicted molar refractivity (Wildman–Crippen MR) is 73.0 cm³/mol. The van der Waals surface area contributed by atoms with Gasteiger partial charge in [-0.25, -0.2) is 4.79 Å². The molecule has 0 aliphatic rings. The number of likely N-dealkylation sites (N-methyl/N-ethyl adjacent to an activating group) is 1. The van der Waals surface area contributed by atoms with Crippen molar-refractivity contribution in [1.82, 2.24) is 10.2 Å². The van der Waals surface area contributed by atoms with E-state index in [1.807, 2.05) is 6.92 Å². The molecule has 0 fully saturated rings. The molecule has 5 heteroatoms. The van der Waals surface area contributed by atoms with Gasteiger partial charge in [0.2, 0.25) is 5.91 Å². The third-order valence-electron chi connectivity index (χ3n) is 2.67. The van der Waals surface area contributed by atoms with E-state index in [0.717, 1.165) is 6.42 Å². The van der Waals surface area contributed by atoms with Crippen molar-refractivity contribution in [3.8, 4) is 0 Å². The van der Waals surface area contributed by atoms with E-state index in [0.29, 0.717) is 18.7 Å². The number of benzene rings is 1. The lowest BCUT2D eigenvalue weighted by atomic mass is 10.1. The highest BCUT2D eigenvalue weighted by molar-refractivity contribution is 5.89. The van der Waals surface area contributed by atoms with E-state index in [1.165, 1.54) is 0 Å². The van der Waals surface area contributed by atoms with Crippen LogP contribution in [0.4, 0.5) is 0 Å². The molecule has 0 bridgehead atoms. The van der Waals surface area contributed by atoms with Crippen molar-refractivity contribution in [3.05, 3.63) is 35.4 Å². The Labute approximate surface area is 113 Å². The maximum absolute atomic E-state index is 11.6. The van der Waals surface area contributed by atoms with Crippen LogP contribution in [-0.2, 0) is 11.3 Å². The van der Waals surface area contributed by atoms with Crippen LogP contribution in [0.1, 0.15) is 29.3 Å². The molecule has 5 nitrogen and oxygen atoms in total. The Bertz CT molecular complexity index is 446. The zero-order valence-electron chi connectivity index (χ0n) is 11.3. The number of nitrogens with zero attached hydrogens (tertiary/aromatic N) is 1. The quantitative estimate of drug-likeness (QED) is 0.780. The number of amides is 1. The van der Waals surface area contributed by atoms with Gasteiger partial charge in [-0.05, 0) is 25.1 Å². The lowest BCUT2D eigenvalue weighted by molar-refractivity contribution is -0.122. The molecule has 0 saturated heterocycles. The Morgan fingerprint density at radius 2 is 2.00 bits per heavy atom. The molecular formula is C14H20N2O3. The fourth-order valence-corrected chi connectivity index (χ4v) is 1.78. The highest BCUT2D eigenvalue weighted by Crippen LogP contribution is 2.10. The molecule has 19 heavy (non-hydrogen) atoms. The summed E-state index contributed by atoms with van der Waals surface area (Å²) in [4.78, 5) is 24.4. The Morgan fingerprint density at radius 3 is 2.63 bits per heavy atom. The standard InChI is InChI=1S/C14H20N2O3/c1-3-8-15-13(17)10-16(2)9-11-6-4-5-7-12(11)14(18)19/h4-7H,3,8-10H2,1-2H3,(H,15,17)(H,18,19). The maximum atomic E-state index is 11.6. The van der Waals surface area contributed by atoms with Gasteiger partial charge < -0.3 is 10.4 Å². The number of carbonyl (C=O) groups excluding carboxylic acids is 1. The highest BCUT2D eigenvalue weighted by Gasteiger charge is 2.12. The normalized spacial score (nSPS) is 10.5. The summed E-state index contributed by atoms with van der Waals surface area (Å²) in [5.41, 5.74) is 0.990. The topological polar surface area (TPSA) is 69.6 Å². The Kier molecular flexibility index (Phi) is 6.02. The van der Waals surface area contributed by atoms with Crippen molar-refractivity contribution >= 4 is 11.9 Å². The number of nitrogens with one attached hydrogen (secondary N) is 1. The van der Waals surface area contributed by atoms with Crippen LogP contribution in [0.5, 0.6) is 0 Å². The molecule has 0 radical (unpaired) electrons. The van der Waals surface area contributed by atoms with E-state index in [9.17, 15) is 9.59 Å². The van der Waals surface area contributed by atoms with Crippen LogP contribution in [-0.4, -0.2) is 42.0 Å². The maximum Gasteiger partial charge on any atom is 0.336 e. The molecule has 2 N–H and O–H groups in total. The average molecular weight is 264 g/mol. The lowest BCUT2D eigenvalue weighted by Gasteiger charge is -2.17. The number of rotatable bonds is 7. The van der Waals surface area contributed by atoms with Crippen molar-refractivity contribution in [3.63, 3.8) is 0 Å². The number of aromatic carboxylic acids is 1. The summed E-state index contributed by atoms with van der Waals surface area (Å²) in [5.74, 6) is -0.989. The van der Waals surface area contributed by atoms with Gasteiger partial charge in [0.15, 0.2) is 0 Å². The van der Waals surface area contributed by atoms with Gasteiger partial charge in [-0.1, -0.05) is 25.1 Å². The SMILES string of the molecule is CCCNC(=O)CN(C)Cc1ccccc1C(=O)O. The van der Waals surface area contributed by atoms with Crippen molar-refractivity contribution in [2.75, 3.05) is 20.1 Å². The second-order valence-corrected chi connectivity index (χ2v) is 4.48. The molecule has 0 spiro atoms. The van der Waals surface area contributed by atoms with E-state index in [1.54, 1.807) is 36.2 Å². The smallest absolute Gasteiger partial charge is 0.336 e. The van der Waals surface area contributed by atoms with Crippen molar-refractivity contribution < 1.29 is 14.7 Å². The summed E-state index contributed by atoms with van der Waals surface area (Å²) < 4.78 is 0. The second kappa shape index (κ2) is 7.53. The van der Waals surface area contributed by atoms with Gasteiger partial charge in [0.05, 0.1) is 12.1 Å². The van der Waals surface area contributed by atoms with E-state index in [-0.39, 0.29) is 18.0 Å². The van der Waals surface area contributed by atoms with Gasteiger partial charge in [0.1, 0.15) is 0 Å². The first-order valence-electron chi connectivity index (χ1n) is 6.31. The number of hydrogen-bond donors (Lipinski definition) is 2. The average Bonchev–Trinajstić information content (AvgIpc) is 2.36. The van der Waals surface area contributed by atoms with Gasteiger partial charge in [-0.15, -0.1) is 0 Å². The van der Waals surface area contributed by atoms with Crippen LogP contribution in [0.15, 0.2) is 24.3 Å². The fraction of sp³-hybridized carbons (Fsp3) is 0.429. The Morgan fingerprint density at radius 1 is 1.32 bits per heavy atom. The molecule has 0 aliphatic heterocycles. The number of carboxylic acids is 1. The fourth-order valence-electron chi connectivity index (χ4n) is 1.78. The van der Waals surface area contributed by atoms with Crippen LogP contribution in [0.3, 0.4) is 0 Å². The molecule has 0 unspecified atom stereocenters. The van der Waals surface area contributed by atoms with Crippen LogP contribution in [0.2, 0.25) is 0 Å². The lowest BCUT2D eigenvalue weighted by Crippen LogP contribution is -2.35. The molecule has 0 heterocycles. The molecule has 1 aromatic carbocycles. The first-order valence-corrected chi connectivity index (χ1v) is 6.31. The molecule has 1 amide bonds. The van der Waals surface area contributed by atoms with Crippen LogP contribution < -0.4 is 5.32 Å². The Balaban J connectivity index is 2.59. The molecule has 1 aromatic rings. The first kappa shape index (κ1) is 15.2. The second-order valence-electron chi connectivity index (χ2n) is 4.48. The molecular weight excluding hydrogens is 244 g/mol. The number of carbonyl (C=O) groups is 2. The van der Waals surface area contributed by atoms with Gasteiger partial charge in [-0.2, -0.15) is 0 Å². The predicted octanol–water partition coefficient (Wildman–Crippen LogP) is 1.34. The van der Waals surface area contributed by atoms with E-state index >= 15 is 0 Å². The van der Waals surface area contributed by atoms with Crippen LogP contribution in [0.25, 0.3) is 0 Å². The first-order chi connectivity index (χ1) is 9.04. The van der Waals surface area contributed by atoms with Gasteiger partial charge in [0.25, 0.3) is 0 Å². The largest absolute Gasteiger partial charge is 0.478 e. The van der Waals surface area contributed by atoms with Crippen LogP contribution >= 0.6 is 0 Å². The molecule has 0 saturated carbocycles. The summed E-state index contributed by atoms with van der Waals surface area (Å²) >= 11 is 0. The zero-order chi connectivity index (χ0) is 14.3. The van der Waals surface area contributed by atoms with Gasteiger partial charge in [-0.3, -0.25) is 9.69 Å². The minimum absolute atomic E-state index is 0.0443. The molecule has 0 atom stereocenters. The summed E-state index contributed by atoms with van der Waals surface area (Å²) in [5, 5.41) is 11.9. The monoisotopic (exact) mass is 264 g/mol. The molecule has 104 valence electrons. The van der Waals surface area contributed by atoms with Gasteiger partial charge in [0, 0.05) is 13.1 Å².